The molecular weight excluding hydrogens is 552 g/mol. The number of thiazole rings is 1. The predicted molar refractivity (Wildman–Crippen MR) is 159 cm³/mol. The van der Waals surface area contributed by atoms with Gasteiger partial charge in [-0.1, -0.05) is 90.2 Å². The first-order valence-corrected chi connectivity index (χ1v) is 14.0. The Balaban J connectivity index is 1.55. The van der Waals surface area contributed by atoms with Crippen LogP contribution in [0.5, 0.6) is 0 Å². The molecule has 0 bridgehead atoms. The predicted octanol–water partition coefficient (Wildman–Crippen LogP) is 4.89. The first-order chi connectivity index (χ1) is 20.5. The van der Waals surface area contributed by atoms with Crippen molar-refractivity contribution in [2.75, 3.05) is 6.61 Å². The second-order valence-corrected chi connectivity index (χ2v) is 10.4. The maximum atomic E-state index is 14.0. The summed E-state index contributed by atoms with van der Waals surface area (Å²) < 4.78 is 13.3. The maximum absolute atomic E-state index is 14.0. The molecule has 0 unspecified atom stereocenters. The molecule has 0 saturated heterocycles. The molecule has 3 aromatic carbocycles. The van der Waals surface area contributed by atoms with Crippen LogP contribution in [0.15, 0.2) is 117 Å². The highest BCUT2D eigenvalue weighted by Gasteiger charge is 2.35. The van der Waals surface area contributed by atoms with Crippen LogP contribution in [0.1, 0.15) is 40.2 Å². The molecule has 42 heavy (non-hydrogen) atoms. The Labute approximate surface area is 243 Å². The molecule has 1 atom stereocenters. The van der Waals surface area contributed by atoms with Crippen molar-refractivity contribution in [1.82, 2.24) is 4.57 Å². The van der Waals surface area contributed by atoms with Gasteiger partial charge in [-0.05, 0) is 30.7 Å². The molecule has 2 aromatic heterocycles. The fourth-order valence-electron chi connectivity index (χ4n) is 4.98. The molecule has 0 aliphatic carbocycles. The van der Waals surface area contributed by atoms with Crippen LogP contribution in [0.4, 0.5) is 0 Å². The third-order valence-corrected chi connectivity index (χ3v) is 7.80. The molecule has 0 spiro atoms. The molecular formula is C33H24N2O6S. The molecule has 8 nitrogen and oxygen atoms in total. The Hall–Kier alpha value is -5.28. The topological polar surface area (TPSA) is 111 Å². The van der Waals surface area contributed by atoms with Gasteiger partial charge in [0.05, 0.1) is 34.0 Å². The molecule has 1 aliphatic heterocycles. The quantitative estimate of drug-likeness (QED) is 0.276. The average Bonchev–Trinajstić information content (AvgIpc) is 3.61. The van der Waals surface area contributed by atoms with Crippen molar-refractivity contribution in [2.45, 2.75) is 13.0 Å². The lowest BCUT2D eigenvalue weighted by Crippen LogP contribution is -2.39. The van der Waals surface area contributed by atoms with E-state index >= 15 is 0 Å². The highest BCUT2D eigenvalue weighted by Crippen LogP contribution is 2.35. The second kappa shape index (κ2) is 11.3. The zero-order valence-electron chi connectivity index (χ0n) is 22.4. The minimum Gasteiger partial charge on any atom is -0.478 e. The number of fused-ring (bicyclic) bond motifs is 1. The third-order valence-electron chi connectivity index (χ3n) is 6.81. The largest absolute Gasteiger partial charge is 0.478 e. The monoisotopic (exact) mass is 576 g/mol. The van der Waals surface area contributed by atoms with Crippen molar-refractivity contribution in [3.63, 3.8) is 0 Å². The van der Waals surface area contributed by atoms with Gasteiger partial charge in [0.15, 0.2) is 4.80 Å². The van der Waals surface area contributed by atoms with Gasteiger partial charge >= 0.3 is 11.9 Å². The first-order valence-electron chi connectivity index (χ1n) is 13.2. The Morgan fingerprint density at radius 1 is 0.976 bits per heavy atom. The molecule has 1 aliphatic rings. The third kappa shape index (κ3) is 4.90. The summed E-state index contributed by atoms with van der Waals surface area (Å²) in [7, 11) is 0. The number of esters is 1. The van der Waals surface area contributed by atoms with Crippen LogP contribution in [-0.2, 0) is 9.53 Å². The Bertz CT molecular complexity index is 2020. The molecule has 0 fully saturated rings. The fourth-order valence-corrected chi connectivity index (χ4v) is 5.96. The number of nitrogens with zero attached hydrogens (tertiary/aromatic N) is 2. The van der Waals surface area contributed by atoms with E-state index in [4.69, 9.17) is 14.1 Å². The van der Waals surface area contributed by atoms with Crippen molar-refractivity contribution < 1.29 is 23.8 Å². The summed E-state index contributed by atoms with van der Waals surface area (Å²) in [4.78, 5) is 44.4. The zero-order chi connectivity index (χ0) is 29.2. The summed E-state index contributed by atoms with van der Waals surface area (Å²) in [6, 6.07) is 27.8. The van der Waals surface area contributed by atoms with Crippen molar-refractivity contribution in [3.05, 3.63) is 145 Å². The number of furan rings is 1. The minimum atomic E-state index is -1.07. The molecule has 9 heteroatoms. The lowest BCUT2D eigenvalue weighted by atomic mass is 9.93. The van der Waals surface area contributed by atoms with Crippen molar-refractivity contribution >= 4 is 35.0 Å². The lowest BCUT2D eigenvalue weighted by molar-refractivity contribution is -0.138. The number of carbonyl (C=O) groups excluding carboxylic acids is 1. The van der Waals surface area contributed by atoms with E-state index in [0.717, 1.165) is 11.1 Å². The van der Waals surface area contributed by atoms with E-state index < -0.39 is 18.0 Å². The summed E-state index contributed by atoms with van der Waals surface area (Å²) in [5, 5.41) is 9.58. The molecule has 3 heterocycles. The number of aromatic carboxylic acids is 1. The van der Waals surface area contributed by atoms with Gasteiger partial charge in [-0.3, -0.25) is 9.36 Å². The summed E-state index contributed by atoms with van der Waals surface area (Å²) in [6.07, 6.45) is 1.61. The summed E-state index contributed by atoms with van der Waals surface area (Å²) in [5.41, 5.74) is 2.39. The summed E-state index contributed by atoms with van der Waals surface area (Å²) in [6.45, 7) is 1.90. The van der Waals surface area contributed by atoms with Crippen molar-refractivity contribution in [1.29, 1.82) is 0 Å². The van der Waals surface area contributed by atoms with Gasteiger partial charge < -0.3 is 14.3 Å². The number of aromatic nitrogens is 1. The van der Waals surface area contributed by atoms with Crippen LogP contribution in [-0.4, -0.2) is 28.2 Å². The number of hydrogen-bond donors (Lipinski definition) is 1. The van der Waals surface area contributed by atoms with Gasteiger partial charge in [-0.25, -0.2) is 14.6 Å². The zero-order valence-corrected chi connectivity index (χ0v) is 23.2. The van der Waals surface area contributed by atoms with Crippen molar-refractivity contribution in [3.8, 4) is 11.3 Å². The number of benzene rings is 3. The lowest BCUT2D eigenvalue weighted by Gasteiger charge is -2.25. The van der Waals surface area contributed by atoms with Gasteiger partial charge in [-0.15, -0.1) is 0 Å². The van der Waals surface area contributed by atoms with E-state index in [-0.39, 0.29) is 23.3 Å². The summed E-state index contributed by atoms with van der Waals surface area (Å²) in [5.74, 6) is -0.870. The Morgan fingerprint density at radius 2 is 1.67 bits per heavy atom. The molecule has 0 amide bonds. The fraction of sp³-hybridized carbons (Fsp3) is 0.0909. The smallest absolute Gasteiger partial charge is 0.338 e. The van der Waals surface area contributed by atoms with Crippen LogP contribution in [0.3, 0.4) is 0 Å². The van der Waals surface area contributed by atoms with E-state index in [9.17, 15) is 19.5 Å². The van der Waals surface area contributed by atoms with E-state index in [1.807, 2.05) is 60.7 Å². The number of hydrogen-bond acceptors (Lipinski definition) is 7. The van der Waals surface area contributed by atoms with Crippen LogP contribution < -0.4 is 14.9 Å². The van der Waals surface area contributed by atoms with E-state index in [0.29, 0.717) is 32.1 Å². The number of carboxylic acid groups (broad SMARTS) is 1. The van der Waals surface area contributed by atoms with Crippen LogP contribution >= 0.6 is 11.3 Å². The molecule has 1 N–H and O–H groups in total. The summed E-state index contributed by atoms with van der Waals surface area (Å²) >= 11 is 1.18. The van der Waals surface area contributed by atoms with Crippen LogP contribution in [0.2, 0.25) is 0 Å². The molecule has 208 valence electrons. The highest BCUT2D eigenvalue weighted by atomic mass is 32.1. The van der Waals surface area contributed by atoms with Crippen molar-refractivity contribution in [2.24, 2.45) is 4.99 Å². The Morgan fingerprint density at radius 3 is 2.38 bits per heavy atom. The van der Waals surface area contributed by atoms with Gasteiger partial charge in [0, 0.05) is 17.2 Å². The van der Waals surface area contributed by atoms with Crippen LogP contribution in [0.25, 0.3) is 23.1 Å². The van der Waals surface area contributed by atoms with Gasteiger partial charge in [-0.2, -0.15) is 0 Å². The molecule has 0 saturated carbocycles. The molecule has 5 aromatic rings. The van der Waals surface area contributed by atoms with E-state index in [1.54, 1.807) is 43.3 Å². The standard InChI is InChI=1S/C33H24N2O6S/c1-2-40-32(39)27-28(20-11-5-3-6-12-20)34-33-35(29(27)21-13-7-4-8-14-21)30(36)26(42-33)19-22-17-18-25(41-22)23-15-9-10-16-24(23)31(37)38/h3-19,29H,2H2,1H3,(H,37,38)/b26-19-/t29-/m0/s1. The molecule has 0 radical (unpaired) electrons. The maximum Gasteiger partial charge on any atom is 0.338 e. The van der Waals surface area contributed by atoms with Gasteiger partial charge in [0.2, 0.25) is 0 Å². The van der Waals surface area contributed by atoms with E-state index in [1.165, 1.54) is 22.0 Å². The number of ether oxygens (including phenoxy) is 1. The normalized spacial score (nSPS) is 14.8. The highest BCUT2D eigenvalue weighted by molar-refractivity contribution is 7.07. The average molecular weight is 577 g/mol. The second-order valence-electron chi connectivity index (χ2n) is 9.39. The minimum absolute atomic E-state index is 0.112. The van der Waals surface area contributed by atoms with Crippen LogP contribution in [0, 0.1) is 0 Å². The number of rotatable bonds is 7. The first kappa shape index (κ1) is 26.9. The van der Waals surface area contributed by atoms with Gasteiger partial charge in [0.1, 0.15) is 11.5 Å². The SMILES string of the molecule is CCOC(=O)C1=C(c2ccccc2)N=c2s/c(=C\c3ccc(-c4ccccc4C(=O)O)o3)c(=O)n2[C@H]1c1ccccc1. The van der Waals surface area contributed by atoms with E-state index in [2.05, 4.69) is 0 Å². The number of carboxylic acids is 1. The molecule has 6 rings (SSSR count). The van der Waals surface area contributed by atoms with Gasteiger partial charge in [0.25, 0.3) is 5.56 Å². The number of carbonyl (C=O) groups is 2. The Kier molecular flexibility index (Phi) is 7.24.